The Bertz CT molecular complexity index is 968. The van der Waals surface area contributed by atoms with Crippen LogP contribution >= 0.6 is 23.2 Å². The number of nitrogens with zero attached hydrogens (tertiary/aromatic N) is 1. The van der Waals surface area contributed by atoms with E-state index in [9.17, 15) is 27.5 Å². The number of rotatable bonds is 2. The van der Waals surface area contributed by atoms with Crippen LogP contribution in [0.3, 0.4) is 0 Å². The van der Waals surface area contributed by atoms with E-state index in [0.29, 0.717) is 0 Å². The van der Waals surface area contributed by atoms with Crippen LogP contribution in [0, 0.1) is 0 Å². The highest BCUT2D eigenvalue weighted by Crippen LogP contribution is 2.53. The van der Waals surface area contributed by atoms with Crippen molar-refractivity contribution in [2.24, 2.45) is 0 Å². The summed E-state index contributed by atoms with van der Waals surface area (Å²) in [7, 11) is 0. The molecule has 10 heteroatoms. The molecule has 0 spiro atoms. The molecule has 2 heterocycles. The van der Waals surface area contributed by atoms with Crippen LogP contribution in [-0.4, -0.2) is 40.8 Å². The standard InChI is InChI=1S/C18H12Cl2F4N2O2/c19-10-5-12-14(13(20)6-10)25-15(28)18(12,9-1-3-11(27)4-2-9)26-7-16(21,22)17(23,24)8-26/h1-6,27H,7-8H2,(H,25,28). The minimum Gasteiger partial charge on any atom is -0.508 e. The number of carbonyl (C=O) groups excluding carboxylic acids is 1. The van der Waals surface area contributed by atoms with Crippen molar-refractivity contribution in [1.29, 1.82) is 0 Å². The quantitative estimate of drug-likeness (QED) is 0.685. The normalized spacial score (nSPS) is 25.6. The average molecular weight is 435 g/mol. The number of carbonyl (C=O) groups is 1. The van der Waals surface area contributed by atoms with Gasteiger partial charge in [-0.1, -0.05) is 35.3 Å². The van der Waals surface area contributed by atoms with Crippen molar-refractivity contribution in [2.75, 3.05) is 18.4 Å². The summed E-state index contributed by atoms with van der Waals surface area (Å²) >= 11 is 12.2. The van der Waals surface area contributed by atoms with Gasteiger partial charge >= 0.3 is 11.8 Å². The summed E-state index contributed by atoms with van der Waals surface area (Å²) in [4.78, 5) is 13.8. The highest BCUT2D eigenvalue weighted by molar-refractivity contribution is 6.38. The fourth-order valence-corrected chi connectivity index (χ4v) is 4.34. The Morgan fingerprint density at radius 3 is 2.14 bits per heavy atom. The smallest absolute Gasteiger partial charge is 0.323 e. The van der Waals surface area contributed by atoms with Gasteiger partial charge in [0.1, 0.15) is 5.75 Å². The first-order valence-electron chi connectivity index (χ1n) is 8.10. The number of nitrogens with one attached hydrogen (secondary N) is 1. The zero-order chi connectivity index (χ0) is 20.5. The van der Waals surface area contributed by atoms with Crippen molar-refractivity contribution in [3.63, 3.8) is 0 Å². The van der Waals surface area contributed by atoms with Crippen molar-refractivity contribution in [3.05, 3.63) is 57.6 Å². The zero-order valence-corrected chi connectivity index (χ0v) is 15.5. The van der Waals surface area contributed by atoms with E-state index in [-0.39, 0.29) is 32.6 Å². The molecule has 2 aromatic rings. The molecule has 1 saturated heterocycles. The van der Waals surface area contributed by atoms with E-state index >= 15 is 0 Å². The second-order valence-electron chi connectivity index (χ2n) is 6.79. The third-order valence-electron chi connectivity index (χ3n) is 5.09. The van der Waals surface area contributed by atoms with Crippen molar-refractivity contribution < 1.29 is 27.5 Å². The molecule has 0 radical (unpaired) electrons. The predicted octanol–water partition coefficient (Wildman–Crippen LogP) is 4.48. The minimum absolute atomic E-state index is 0.0502. The van der Waals surface area contributed by atoms with E-state index in [1.807, 2.05) is 0 Å². The summed E-state index contributed by atoms with van der Waals surface area (Å²) in [5.41, 5.74) is -1.69. The molecule has 148 valence electrons. The van der Waals surface area contributed by atoms with Crippen LogP contribution in [-0.2, 0) is 10.3 Å². The van der Waals surface area contributed by atoms with E-state index in [2.05, 4.69) is 5.32 Å². The number of phenols is 1. The topological polar surface area (TPSA) is 52.6 Å². The number of amides is 1. The minimum atomic E-state index is -4.33. The maximum Gasteiger partial charge on any atom is 0.323 e. The summed E-state index contributed by atoms with van der Waals surface area (Å²) in [6.45, 7) is -2.70. The third-order valence-corrected chi connectivity index (χ3v) is 5.60. The Morgan fingerprint density at radius 1 is 1.00 bits per heavy atom. The van der Waals surface area contributed by atoms with E-state index in [1.54, 1.807) is 0 Å². The van der Waals surface area contributed by atoms with Crippen molar-refractivity contribution in [2.45, 2.75) is 17.4 Å². The molecule has 0 aliphatic carbocycles. The van der Waals surface area contributed by atoms with Gasteiger partial charge in [0.05, 0.1) is 23.8 Å². The van der Waals surface area contributed by atoms with Crippen LogP contribution in [0.4, 0.5) is 23.2 Å². The molecule has 0 aromatic heterocycles. The van der Waals surface area contributed by atoms with Crippen molar-refractivity contribution in [1.82, 2.24) is 4.90 Å². The number of phenolic OH excluding ortho intramolecular Hbond substituents is 1. The van der Waals surface area contributed by atoms with Crippen LogP contribution in [0.25, 0.3) is 0 Å². The van der Waals surface area contributed by atoms with E-state index < -0.39 is 36.4 Å². The van der Waals surface area contributed by atoms with Gasteiger partial charge in [0, 0.05) is 10.6 Å². The molecular weight excluding hydrogens is 423 g/mol. The molecule has 1 fully saturated rings. The molecule has 2 aliphatic heterocycles. The summed E-state index contributed by atoms with van der Waals surface area (Å²) < 4.78 is 56.1. The van der Waals surface area contributed by atoms with Crippen LogP contribution < -0.4 is 5.32 Å². The number of aromatic hydroxyl groups is 1. The molecule has 28 heavy (non-hydrogen) atoms. The number of fused-ring (bicyclic) bond motifs is 1. The predicted molar refractivity (Wildman–Crippen MR) is 95.4 cm³/mol. The lowest BCUT2D eigenvalue weighted by Crippen LogP contribution is -2.51. The molecule has 4 rings (SSSR count). The van der Waals surface area contributed by atoms with Gasteiger partial charge < -0.3 is 10.4 Å². The van der Waals surface area contributed by atoms with E-state index in [0.717, 1.165) is 4.90 Å². The van der Waals surface area contributed by atoms with Gasteiger partial charge in [0.2, 0.25) is 0 Å². The maximum atomic E-state index is 14.0. The summed E-state index contributed by atoms with van der Waals surface area (Å²) in [6.07, 6.45) is 0. The number of anilines is 1. The molecule has 4 nitrogen and oxygen atoms in total. The number of hydrogen-bond acceptors (Lipinski definition) is 3. The lowest BCUT2D eigenvalue weighted by Gasteiger charge is -2.37. The maximum absolute atomic E-state index is 14.0. The lowest BCUT2D eigenvalue weighted by molar-refractivity contribution is -0.172. The summed E-state index contributed by atoms with van der Waals surface area (Å²) in [5.74, 6) is -9.62. The second-order valence-corrected chi connectivity index (χ2v) is 7.63. The monoisotopic (exact) mass is 434 g/mol. The van der Waals surface area contributed by atoms with Crippen LogP contribution in [0.5, 0.6) is 5.75 Å². The third kappa shape index (κ3) is 2.51. The molecule has 2 aromatic carbocycles. The first kappa shape index (κ1) is 19.3. The highest BCUT2D eigenvalue weighted by atomic mass is 35.5. The Balaban J connectivity index is 2.01. The Kier molecular flexibility index (Phi) is 4.12. The van der Waals surface area contributed by atoms with Crippen LogP contribution in [0.1, 0.15) is 11.1 Å². The molecule has 1 atom stereocenters. The first-order valence-corrected chi connectivity index (χ1v) is 8.86. The molecule has 0 saturated carbocycles. The Morgan fingerprint density at radius 2 is 1.57 bits per heavy atom. The number of hydrogen-bond donors (Lipinski definition) is 2. The fourth-order valence-electron chi connectivity index (χ4n) is 3.80. The molecule has 1 amide bonds. The van der Waals surface area contributed by atoms with Gasteiger partial charge in [-0.25, -0.2) is 0 Å². The van der Waals surface area contributed by atoms with Gasteiger partial charge in [-0.2, -0.15) is 17.6 Å². The van der Waals surface area contributed by atoms with Crippen LogP contribution in [0.2, 0.25) is 10.0 Å². The number of halogens is 6. The fraction of sp³-hybridized carbons (Fsp3) is 0.278. The number of likely N-dealkylation sites (tertiary alicyclic amines) is 1. The first-order chi connectivity index (χ1) is 13.0. The Hall–Kier alpha value is -2.03. The zero-order valence-electron chi connectivity index (χ0n) is 13.9. The second kappa shape index (κ2) is 5.98. The molecule has 2 aliphatic rings. The summed E-state index contributed by atoms with van der Waals surface area (Å²) in [6, 6.07) is 7.78. The number of alkyl halides is 4. The van der Waals surface area contributed by atoms with Gasteiger partial charge in [-0.15, -0.1) is 0 Å². The van der Waals surface area contributed by atoms with E-state index in [4.69, 9.17) is 23.2 Å². The molecule has 2 N–H and O–H groups in total. The average Bonchev–Trinajstić information content (AvgIpc) is 2.99. The van der Waals surface area contributed by atoms with E-state index in [1.165, 1.54) is 36.4 Å². The number of benzene rings is 2. The molecule has 0 bridgehead atoms. The van der Waals surface area contributed by atoms with Gasteiger partial charge in [-0.3, -0.25) is 9.69 Å². The van der Waals surface area contributed by atoms with Crippen molar-refractivity contribution in [3.8, 4) is 5.75 Å². The van der Waals surface area contributed by atoms with Gasteiger partial charge in [0.15, 0.2) is 5.54 Å². The Labute approximate surface area is 166 Å². The molecule has 1 unspecified atom stereocenters. The summed E-state index contributed by atoms with van der Waals surface area (Å²) in [5, 5.41) is 12.2. The van der Waals surface area contributed by atoms with Gasteiger partial charge in [0.25, 0.3) is 5.91 Å². The SMILES string of the molecule is O=C1Nc2c(Cl)cc(Cl)cc2C1(c1ccc(O)cc1)N1CC(F)(F)C(F)(F)C1. The van der Waals surface area contributed by atoms with Gasteiger partial charge in [-0.05, 0) is 29.8 Å². The van der Waals surface area contributed by atoms with Crippen molar-refractivity contribution >= 4 is 34.8 Å². The van der Waals surface area contributed by atoms with Crippen LogP contribution in [0.15, 0.2) is 36.4 Å². The largest absolute Gasteiger partial charge is 0.508 e. The lowest BCUT2D eigenvalue weighted by atomic mass is 9.82. The highest BCUT2D eigenvalue weighted by Gasteiger charge is 2.68. The molecular formula is C18H12Cl2F4N2O2.